The fraction of sp³-hybridized carbons (Fsp3) is 0.600. The van der Waals surface area contributed by atoms with Gasteiger partial charge in [0.15, 0.2) is 0 Å². The summed E-state index contributed by atoms with van der Waals surface area (Å²) in [5, 5.41) is 0. The summed E-state index contributed by atoms with van der Waals surface area (Å²) in [6, 6.07) is 5.78. The highest BCUT2D eigenvalue weighted by molar-refractivity contribution is 6.32. The van der Waals surface area contributed by atoms with E-state index in [9.17, 15) is 4.39 Å². The van der Waals surface area contributed by atoms with E-state index in [4.69, 9.17) is 0 Å². The van der Waals surface area contributed by atoms with E-state index >= 15 is 0 Å². The summed E-state index contributed by atoms with van der Waals surface area (Å²) in [4.78, 5) is 0. The van der Waals surface area contributed by atoms with Gasteiger partial charge in [-0.25, -0.2) is 4.39 Å². The van der Waals surface area contributed by atoms with Gasteiger partial charge in [0.05, 0.1) is 0 Å². The number of rotatable bonds is 3. The molecule has 0 radical (unpaired) electrons. The molecule has 2 heteroatoms. The lowest BCUT2D eigenvalue weighted by molar-refractivity contribution is 0.308. The average Bonchev–Trinajstić information content (AvgIpc) is 2.34. The molecule has 2 rings (SSSR count). The minimum absolute atomic E-state index is 0.0434. The molecule has 1 aliphatic carbocycles. The molecule has 0 unspecified atom stereocenters. The predicted molar refractivity (Wildman–Crippen MR) is 74.2 cm³/mol. The second-order valence-corrected chi connectivity index (χ2v) is 5.51. The van der Waals surface area contributed by atoms with E-state index in [0.717, 1.165) is 11.4 Å². The molecule has 17 heavy (non-hydrogen) atoms. The first-order valence-corrected chi connectivity index (χ1v) is 6.96. The van der Waals surface area contributed by atoms with E-state index in [0.29, 0.717) is 5.92 Å². The first kappa shape index (κ1) is 12.7. The van der Waals surface area contributed by atoms with E-state index in [1.165, 1.54) is 44.1 Å². The molecule has 0 bridgehead atoms. The summed E-state index contributed by atoms with van der Waals surface area (Å²) < 4.78 is 13.5. The number of hydrogen-bond donors (Lipinski definition) is 0. The molecule has 1 aromatic rings. The molecule has 0 atom stereocenters. The Balaban J connectivity index is 1.98. The van der Waals surface area contributed by atoms with Crippen molar-refractivity contribution in [3.05, 3.63) is 29.6 Å². The topological polar surface area (TPSA) is 0 Å². The Morgan fingerprint density at radius 2 is 1.94 bits per heavy atom. The highest BCUT2D eigenvalue weighted by atomic mass is 19.1. The minimum atomic E-state index is -0.0434. The van der Waals surface area contributed by atoms with Crippen LogP contribution in [0.1, 0.15) is 56.9 Å². The monoisotopic (exact) mass is 232 g/mol. The quantitative estimate of drug-likeness (QED) is 0.702. The van der Waals surface area contributed by atoms with Crippen molar-refractivity contribution in [2.24, 2.45) is 5.92 Å². The van der Waals surface area contributed by atoms with Gasteiger partial charge in [0.25, 0.3) is 0 Å². The maximum Gasteiger partial charge on any atom is 0.143 e. The summed E-state index contributed by atoms with van der Waals surface area (Å²) in [5.41, 5.74) is 1.97. The molecule has 0 aliphatic heterocycles. The van der Waals surface area contributed by atoms with Crippen LogP contribution >= 0.6 is 0 Å². The Labute approximate surface area is 105 Å². The summed E-state index contributed by atoms with van der Waals surface area (Å²) in [5.74, 6) is 1.47. The van der Waals surface area contributed by atoms with Gasteiger partial charge in [-0.3, -0.25) is 0 Å². The molecule has 92 valence electrons. The Kier molecular flexibility index (Phi) is 4.25. The summed E-state index contributed by atoms with van der Waals surface area (Å²) in [7, 11) is 1.83. The summed E-state index contributed by atoms with van der Waals surface area (Å²) >= 11 is 0. The van der Waals surface area contributed by atoms with Crippen LogP contribution in [-0.2, 0) is 0 Å². The van der Waals surface area contributed by atoms with Gasteiger partial charge in [0, 0.05) is 0 Å². The fourth-order valence-electron chi connectivity index (χ4n) is 3.06. The number of benzene rings is 1. The second kappa shape index (κ2) is 5.70. The molecule has 1 aliphatic rings. The zero-order valence-corrected chi connectivity index (χ0v) is 11.0. The van der Waals surface area contributed by atoms with Crippen LogP contribution in [0.4, 0.5) is 4.39 Å². The van der Waals surface area contributed by atoms with Crippen LogP contribution < -0.4 is 5.46 Å². The zero-order chi connectivity index (χ0) is 12.3. The van der Waals surface area contributed by atoms with Crippen LogP contribution in [0, 0.1) is 11.7 Å². The Morgan fingerprint density at radius 3 is 2.53 bits per heavy atom. The van der Waals surface area contributed by atoms with Gasteiger partial charge < -0.3 is 0 Å². The number of hydrogen-bond acceptors (Lipinski definition) is 0. The summed E-state index contributed by atoms with van der Waals surface area (Å²) in [6.45, 7) is 2.27. The standard InChI is InChI=1S/C15H22BF/c1-2-3-11-4-6-12(7-5-11)13-8-9-14(16)15(17)10-13/h8-12H,2-7,16H2,1H3. The highest BCUT2D eigenvalue weighted by Crippen LogP contribution is 2.37. The van der Waals surface area contributed by atoms with Gasteiger partial charge in [0.1, 0.15) is 13.7 Å². The number of halogens is 1. The molecule has 0 N–H and O–H groups in total. The SMILES string of the molecule is Bc1ccc(C2CCC(CCC)CC2)cc1F. The highest BCUT2D eigenvalue weighted by Gasteiger charge is 2.22. The molecule has 0 aromatic heterocycles. The van der Waals surface area contributed by atoms with Crippen molar-refractivity contribution in [3.8, 4) is 0 Å². The Bertz CT molecular complexity index is 367. The van der Waals surface area contributed by atoms with Gasteiger partial charge in [-0.2, -0.15) is 0 Å². The largest absolute Gasteiger partial charge is 0.208 e. The molecular weight excluding hydrogens is 210 g/mol. The van der Waals surface area contributed by atoms with Crippen molar-refractivity contribution in [1.82, 2.24) is 0 Å². The van der Waals surface area contributed by atoms with Crippen molar-refractivity contribution in [1.29, 1.82) is 0 Å². The van der Waals surface area contributed by atoms with Crippen LogP contribution in [0.2, 0.25) is 0 Å². The van der Waals surface area contributed by atoms with Crippen molar-refractivity contribution in [2.45, 2.75) is 51.4 Å². The van der Waals surface area contributed by atoms with Crippen molar-refractivity contribution in [2.75, 3.05) is 0 Å². The van der Waals surface area contributed by atoms with Gasteiger partial charge in [0.2, 0.25) is 0 Å². The average molecular weight is 232 g/mol. The normalized spacial score (nSPS) is 24.8. The fourth-order valence-corrected chi connectivity index (χ4v) is 3.06. The smallest absolute Gasteiger partial charge is 0.143 e. The van der Waals surface area contributed by atoms with Crippen LogP contribution in [0.3, 0.4) is 0 Å². The van der Waals surface area contributed by atoms with Crippen molar-refractivity contribution < 1.29 is 4.39 Å². The van der Waals surface area contributed by atoms with Gasteiger partial charge >= 0.3 is 0 Å². The third-order valence-electron chi connectivity index (χ3n) is 4.21. The second-order valence-electron chi connectivity index (χ2n) is 5.51. The lowest BCUT2D eigenvalue weighted by atomic mass is 9.77. The summed E-state index contributed by atoms with van der Waals surface area (Å²) in [6.07, 6.45) is 7.81. The minimum Gasteiger partial charge on any atom is -0.208 e. The molecule has 0 nitrogen and oxygen atoms in total. The molecular formula is C15H22BF. The first-order valence-electron chi connectivity index (χ1n) is 6.96. The van der Waals surface area contributed by atoms with Crippen LogP contribution in [0.25, 0.3) is 0 Å². The van der Waals surface area contributed by atoms with E-state index in [1.807, 2.05) is 13.9 Å². The molecule has 0 heterocycles. The molecule has 0 saturated heterocycles. The maximum absolute atomic E-state index is 13.5. The third-order valence-corrected chi connectivity index (χ3v) is 4.21. The van der Waals surface area contributed by atoms with E-state index in [1.54, 1.807) is 6.07 Å². The lowest BCUT2D eigenvalue weighted by Gasteiger charge is -2.28. The maximum atomic E-state index is 13.5. The molecule has 0 spiro atoms. The van der Waals surface area contributed by atoms with E-state index in [2.05, 4.69) is 13.0 Å². The zero-order valence-electron chi connectivity index (χ0n) is 11.0. The van der Waals surface area contributed by atoms with E-state index in [-0.39, 0.29) is 5.82 Å². The molecule has 0 amide bonds. The Morgan fingerprint density at radius 1 is 1.24 bits per heavy atom. The van der Waals surface area contributed by atoms with Crippen LogP contribution in [-0.4, -0.2) is 7.85 Å². The molecule has 1 aromatic carbocycles. The lowest BCUT2D eigenvalue weighted by Crippen LogP contribution is -2.15. The first-order chi connectivity index (χ1) is 8.20. The van der Waals surface area contributed by atoms with Crippen molar-refractivity contribution in [3.63, 3.8) is 0 Å². The van der Waals surface area contributed by atoms with Gasteiger partial charge in [-0.15, -0.1) is 0 Å². The van der Waals surface area contributed by atoms with Gasteiger partial charge in [-0.1, -0.05) is 37.4 Å². The predicted octanol–water partition coefficient (Wildman–Crippen LogP) is 3.16. The van der Waals surface area contributed by atoms with Gasteiger partial charge in [-0.05, 0) is 49.1 Å². The van der Waals surface area contributed by atoms with Crippen molar-refractivity contribution >= 4 is 13.3 Å². The Hall–Kier alpha value is -0.785. The molecule has 1 saturated carbocycles. The molecule has 1 fully saturated rings. The third kappa shape index (κ3) is 3.11. The van der Waals surface area contributed by atoms with Crippen LogP contribution in [0.5, 0.6) is 0 Å². The van der Waals surface area contributed by atoms with Crippen LogP contribution in [0.15, 0.2) is 18.2 Å². The van der Waals surface area contributed by atoms with E-state index < -0.39 is 0 Å².